The van der Waals surface area contributed by atoms with Gasteiger partial charge in [0.15, 0.2) is 0 Å². The minimum absolute atomic E-state index is 0.389. The van der Waals surface area contributed by atoms with Crippen LogP contribution in [0.2, 0.25) is 0 Å². The van der Waals surface area contributed by atoms with E-state index in [-0.39, 0.29) is 0 Å². The summed E-state index contributed by atoms with van der Waals surface area (Å²) in [4.78, 5) is 0. The van der Waals surface area contributed by atoms with Gasteiger partial charge in [-0.3, -0.25) is 0 Å². The topological polar surface area (TPSA) is 26.0 Å². The monoisotopic (exact) mass is 221 g/mol. The minimum Gasteiger partial charge on any atom is -0.327 e. The fourth-order valence-electron chi connectivity index (χ4n) is 2.15. The zero-order valence-electron chi connectivity index (χ0n) is 9.23. The Morgan fingerprint density at radius 3 is 2.80 bits per heavy atom. The zero-order valence-corrected chi connectivity index (χ0v) is 10.0. The molecule has 1 fully saturated rings. The zero-order chi connectivity index (χ0) is 10.7. The van der Waals surface area contributed by atoms with Crippen LogP contribution in [-0.4, -0.2) is 17.5 Å². The van der Waals surface area contributed by atoms with Gasteiger partial charge in [-0.2, -0.15) is 11.8 Å². The Morgan fingerprint density at radius 1 is 1.40 bits per heavy atom. The molecule has 0 amide bonds. The number of benzene rings is 1. The molecule has 0 spiro atoms. The largest absolute Gasteiger partial charge is 0.327 e. The van der Waals surface area contributed by atoms with Crippen molar-refractivity contribution in [1.29, 1.82) is 0 Å². The van der Waals surface area contributed by atoms with E-state index in [1.807, 2.05) is 11.8 Å². The van der Waals surface area contributed by atoms with Crippen LogP contribution < -0.4 is 5.73 Å². The van der Waals surface area contributed by atoms with E-state index in [0.717, 1.165) is 17.6 Å². The molecule has 1 saturated carbocycles. The highest BCUT2D eigenvalue weighted by Gasteiger charge is 2.41. The van der Waals surface area contributed by atoms with Crippen molar-refractivity contribution in [3.63, 3.8) is 0 Å². The molecule has 0 bridgehead atoms. The van der Waals surface area contributed by atoms with Crippen molar-refractivity contribution in [3.8, 4) is 0 Å². The van der Waals surface area contributed by atoms with Gasteiger partial charge in [0.2, 0.25) is 0 Å². The van der Waals surface area contributed by atoms with Gasteiger partial charge in [0.25, 0.3) is 0 Å². The van der Waals surface area contributed by atoms with Gasteiger partial charge >= 0.3 is 0 Å². The molecule has 0 radical (unpaired) electrons. The van der Waals surface area contributed by atoms with Gasteiger partial charge in [-0.1, -0.05) is 37.3 Å². The molecule has 0 aliphatic heterocycles. The molecule has 82 valence electrons. The van der Waals surface area contributed by atoms with Gasteiger partial charge in [0.05, 0.1) is 0 Å². The highest BCUT2D eigenvalue weighted by Crippen LogP contribution is 2.49. The molecule has 1 nitrogen and oxygen atoms in total. The lowest BCUT2D eigenvalue weighted by Crippen LogP contribution is -2.26. The first kappa shape index (κ1) is 11.0. The van der Waals surface area contributed by atoms with Crippen LogP contribution >= 0.6 is 11.8 Å². The van der Waals surface area contributed by atoms with E-state index in [1.54, 1.807) is 0 Å². The fraction of sp³-hybridized carbons (Fsp3) is 0.538. The Kier molecular flexibility index (Phi) is 3.71. The van der Waals surface area contributed by atoms with E-state index in [1.165, 1.54) is 17.7 Å². The van der Waals surface area contributed by atoms with Crippen LogP contribution in [-0.2, 0) is 0 Å². The molecule has 1 aliphatic carbocycles. The second-order valence-corrected chi connectivity index (χ2v) is 5.56. The lowest BCUT2D eigenvalue weighted by molar-refractivity contribution is 0.640. The molecule has 15 heavy (non-hydrogen) atoms. The maximum atomic E-state index is 6.17. The Bertz CT molecular complexity index is 299. The molecule has 0 aromatic heterocycles. The number of hydrogen-bond acceptors (Lipinski definition) is 2. The van der Waals surface area contributed by atoms with Crippen molar-refractivity contribution in [2.45, 2.75) is 25.3 Å². The van der Waals surface area contributed by atoms with Gasteiger partial charge in [-0.25, -0.2) is 0 Å². The first-order valence-electron chi connectivity index (χ1n) is 5.71. The van der Waals surface area contributed by atoms with Crippen molar-refractivity contribution in [2.75, 3.05) is 11.5 Å². The van der Waals surface area contributed by atoms with Crippen molar-refractivity contribution in [3.05, 3.63) is 35.9 Å². The molecule has 0 heterocycles. The first-order chi connectivity index (χ1) is 7.33. The summed E-state index contributed by atoms with van der Waals surface area (Å²) in [6.45, 7) is 2.19. The van der Waals surface area contributed by atoms with E-state index >= 15 is 0 Å². The summed E-state index contributed by atoms with van der Waals surface area (Å²) in [5, 5.41) is 0. The maximum absolute atomic E-state index is 6.17. The number of rotatable bonds is 5. The third-order valence-corrected chi connectivity index (χ3v) is 4.16. The predicted molar refractivity (Wildman–Crippen MR) is 68.3 cm³/mol. The van der Waals surface area contributed by atoms with Gasteiger partial charge < -0.3 is 5.73 Å². The predicted octanol–water partition coefficient (Wildman–Crippen LogP) is 2.87. The molecule has 1 aromatic rings. The van der Waals surface area contributed by atoms with E-state index in [0.29, 0.717) is 6.04 Å². The highest BCUT2D eigenvalue weighted by molar-refractivity contribution is 7.99. The number of nitrogens with two attached hydrogens (primary N) is 1. The summed E-state index contributed by atoms with van der Waals surface area (Å²) in [7, 11) is 0. The summed E-state index contributed by atoms with van der Waals surface area (Å²) < 4.78 is 0. The third kappa shape index (κ3) is 2.76. The van der Waals surface area contributed by atoms with Crippen molar-refractivity contribution in [2.24, 2.45) is 11.7 Å². The molecule has 1 aromatic carbocycles. The van der Waals surface area contributed by atoms with Gasteiger partial charge in [0, 0.05) is 11.8 Å². The molecule has 0 saturated heterocycles. The van der Waals surface area contributed by atoms with E-state index < -0.39 is 0 Å². The molecular formula is C13H19NS. The lowest BCUT2D eigenvalue weighted by atomic mass is 10.1. The normalized spacial score (nSPS) is 26.3. The summed E-state index contributed by atoms with van der Waals surface area (Å²) in [6.07, 6.45) is 1.29. The number of hydrogen-bond donors (Lipinski definition) is 1. The first-order valence-corrected chi connectivity index (χ1v) is 6.86. The average molecular weight is 221 g/mol. The minimum atomic E-state index is 0.389. The van der Waals surface area contributed by atoms with Crippen molar-refractivity contribution < 1.29 is 0 Å². The van der Waals surface area contributed by atoms with Gasteiger partial charge in [0.1, 0.15) is 0 Å². The van der Waals surface area contributed by atoms with Crippen LogP contribution in [0.25, 0.3) is 0 Å². The number of thioether (sulfide) groups is 1. The van der Waals surface area contributed by atoms with Gasteiger partial charge in [-0.15, -0.1) is 0 Å². The van der Waals surface area contributed by atoms with Crippen LogP contribution in [0, 0.1) is 5.92 Å². The second kappa shape index (κ2) is 5.04. The van der Waals surface area contributed by atoms with Crippen molar-refractivity contribution in [1.82, 2.24) is 0 Å². The van der Waals surface area contributed by atoms with Crippen LogP contribution in [0.15, 0.2) is 30.3 Å². The quantitative estimate of drug-likeness (QED) is 0.827. The van der Waals surface area contributed by atoms with Crippen LogP contribution in [0.3, 0.4) is 0 Å². The Labute approximate surface area is 96.4 Å². The third-order valence-electron chi connectivity index (χ3n) is 3.13. The van der Waals surface area contributed by atoms with Crippen molar-refractivity contribution >= 4 is 11.8 Å². The Morgan fingerprint density at radius 2 is 2.13 bits per heavy atom. The smallest absolute Gasteiger partial charge is 0.0165 e. The second-order valence-electron chi connectivity index (χ2n) is 4.24. The Balaban J connectivity index is 1.85. The van der Waals surface area contributed by atoms with E-state index in [9.17, 15) is 0 Å². The maximum Gasteiger partial charge on any atom is 0.0165 e. The average Bonchev–Trinajstić information content (AvgIpc) is 3.07. The molecule has 2 N–H and O–H groups in total. The van der Waals surface area contributed by atoms with Gasteiger partial charge in [-0.05, 0) is 29.6 Å². The molecule has 2 heteroatoms. The van der Waals surface area contributed by atoms with Crippen LogP contribution in [0.4, 0.5) is 0 Å². The summed E-state index contributed by atoms with van der Waals surface area (Å²) in [6, 6.07) is 11.2. The molecular weight excluding hydrogens is 202 g/mol. The molecule has 3 atom stereocenters. The standard InChI is InChI=1S/C13H19NS/c1-2-15-9-13(14)12-8-11(12)10-6-4-3-5-7-10/h3-7,11-13H,2,8-9,14H2,1H3. The van der Waals surface area contributed by atoms with Crippen LogP contribution in [0.1, 0.15) is 24.8 Å². The summed E-state index contributed by atoms with van der Waals surface area (Å²) in [5.41, 5.74) is 7.64. The van der Waals surface area contributed by atoms with E-state index in [2.05, 4.69) is 37.3 Å². The van der Waals surface area contributed by atoms with Crippen LogP contribution in [0.5, 0.6) is 0 Å². The molecule has 3 unspecified atom stereocenters. The molecule has 2 rings (SSSR count). The summed E-state index contributed by atoms with van der Waals surface area (Å²) >= 11 is 1.96. The SMILES string of the molecule is CCSCC(N)C1CC1c1ccccc1. The fourth-order valence-corrected chi connectivity index (χ4v) is 2.90. The lowest BCUT2D eigenvalue weighted by Gasteiger charge is -2.10. The van der Waals surface area contributed by atoms with E-state index in [4.69, 9.17) is 5.73 Å². The molecule has 1 aliphatic rings. The summed E-state index contributed by atoms with van der Waals surface area (Å²) in [5.74, 6) is 3.76. The highest BCUT2D eigenvalue weighted by atomic mass is 32.2. The Hall–Kier alpha value is -0.470.